The van der Waals surface area contributed by atoms with Crippen molar-refractivity contribution in [1.82, 2.24) is 25.0 Å². The third-order valence-corrected chi connectivity index (χ3v) is 5.06. The summed E-state index contributed by atoms with van der Waals surface area (Å²) in [6.45, 7) is 5.44. The fourth-order valence-electron chi connectivity index (χ4n) is 3.67. The Bertz CT molecular complexity index is 751. The van der Waals surface area contributed by atoms with Gasteiger partial charge in [0.25, 0.3) is 0 Å². The van der Waals surface area contributed by atoms with E-state index in [0.29, 0.717) is 18.0 Å². The van der Waals surface area contributed by atoms with Gasteiger partial charge in [-0.2, -0.15) is 0 Å². The zero-order valence-corrected chi connectivity index (χ0v) is 15.6. The lowest BCUT2D eigenvalue weighted by Crippen LogP contribution is -2.34. The largest absolute Gasteiger partial charge is 0.467 e. The number of rotatable bonds is 4. The van der Waals surface area contributed by atoms with Crippen molar-refractivity contribution in [2.24, 2.45) is 0 Å². The first-order valence-electron chi connectivity index (χ1n) is 8.75. The number of methoxy groups -OCH3 is 1. The third kappa shape index (κ3) is 3.77. The minimum Gasteiger partial charge on any atom is -0.467 e. The molecule has 2 aromatic heterocycles. The molecule has 2 aliphatic heterocycles. The quantitative estimate of drug-likeness (QED) is 0.804. The summed E-state index contributed by atoms with van der Waals surface area (Å²) >= 11 is 0. The van der Waals surface area contributed by atoms with Gasteiger partial charge in [0.1, 0.15) is 23.7 Å². The smallest absolute Gasteiger partial charge is 0.341 e. The molecular weight excluding hydrogens is 358 g/mol. The van der Waals surface area contributed by atoms with E-state index >= 15 is 0 Å². The van der Waals surface area contributed by atoms with E-state index in [1.165, 1.54) is 13.4 Å². The normalized spacial score (nSPS) is 18.2. The molecule has 0 unspecified atom stereocenters. The summed E-state index contributed by atoms with van der Waals surface area (Å²) in [7, 11) is 1.37. The van der Waals surface area contributed by atoms with Gasteiger partial charge in [-0.1, -0.05) is 0 Å². The summed E-state index contributed by atoms with van der Waals surface area (Å²) in [5, 5.41) is 12.1. The van der Waals surface area contributed by atoms with Gasteiger partial charge in [0.05, 0.1) is 25.8 Å². The van der Waals surface area contributed by atoms with Gasteiger partial charge in [0, 0.05) is 19.0 Å². The number of ether oxygens (including phenoxy) is 1. The van der Waals surface area contributed by atoms with Gasteiger partial charge < -0.3 is 19.0 Å². The molecule has 1 N–H and O–H groups in total. The van der Waals surface area contributed by atoms with Gasteiger partial charge in [-0.15, -0.1) is 22.6 Å². The molecule has 2 aromatic rings. The summed E-state index contributed by atoms with van der Waals surface area (Å²) in [5.74, 6) is 3.10. The molecule has 142 valence electrons. The second kappa shape index (κ2) is 8.20. The van der Waals surface area contributed by atoms with Crippen LogP contribution in [-0.2, 0) is 24.4 Å². The molecule has 2 aliphatic rings. The number of furan rings is 1. The lowest BCUT2D eigenvalue weighted by Gasteiger charge is -2.31. The molecule has 1 saturated heterocycles. The van der Waals surface area contributed by atoms with Crippen LogP contribution in [0.5, 0.6) is 0 Å². The Morgan fingerprint density at radius 3 is 2.92 bits per heavy atom. The van der Waals surface area contributed by atoms with Crippen molar-refractivity contribution in [2.45, 2.75) is 38.4 Å². The van der Waals surface area contributed by atoms with Crippen molar-refractivity contribution in [1.29, 1.82) is 0 Å². The van der Waals surface area contributed by atoms with E-state index in [0.717, 1.165) is 63.0 Å². The highest BCUT2D eigenvalue weighted by Crippen LogP contribution is 2.28. The summed E-state index contributed by atoms with van der Waals surface area (Å²) in [5.41, 5.74) is 0.469. The van der Waals surface area contributed by atoms with Crippen LogP contribution in [0.3, 0.4) is 0 Å². The Kier molecular flexibility index (Phi) is 5.95. The molecule has 8 nitrogen and oxygen atoms in total. The summed E-state index contributed by atoms with van der Waals surface area (Å²) in [6, 6.07) is 1.76. The van der Waals surface area contributed by atoms with Crippen LogP contribution in [0.15, 0.2) is 16.7 Å². The first kappa shape index (κ1) is 18.9. The maximum Gasteiger partial charge on any atom is 0.341 e. The zero-order chi connectivity index (χ0) is 17.2. The number of nitrogens with zero attached hydrogens (tertiary/aromatic N) is 4. The van der Waals surface area contributed by atoms with E-state index in [9.17, 15) is 4.79 Å². The minimum atomic E-state index is -0.361. The van der Waals surface area contributed by atoms with Crippen LogP contribution in [0.1, 0.15) is 46.5 Å². The molecule has 4 heterocycles. The van der Waals surface area contributed by atoms with Gasteiger partial charge in [0.2, 0.25) is 0 Å². The predicted octanol–water partition coefficient (Wildman–Crippen LogP) is 1.56. The molecule has 0 aliphatic carbocycles. The van der Waals surface area contributed by atoms with E-state index < -0.39 is 0 Å². The van der Waals surface area contributed by atoms with Gasteiger partial charge in [-0.25, -0.2) is 4.79 Å². The zero-order valence-electron chi connectivity index (χ0n) is 14.8. The van der Waals surface area contributed by atoms with Crippen molar-refractivity contribution in [2.75, 3.05) is 26.7 Å². The Balaban J connectivity index is 0.00000196. The van der Waals surface area contributed by atoms with Crippen LogP contribution < -0.4 is 5.32 Å². The monoisotopic (exact) mass is 381 g/mol. The molecule has 0 spiro atoms. The number of hydrogen-bond donors (Lipinski definition) is 1. The molecule has 0 amide bonds. The van der Waals surface area contributed by atoms with Crippen molar-refractivity contribution < 1.29 is 13.9 Å². The van der Waals surface area contributed by atoms with E-state index in [-0.39, 0.29) is 18.4 Å². The number of carbonyl (C=O) groups excluding carboxylic acids is 1. The molecule has 26 heavy (non-hydrogen) atoms. The minimum absolute atomic E-state index is 0. The number of carbonyl (C=O) groups is 1. The number of nitrogens with one attached hydrogen (secondary N) is 1. The Hall–Kier alpha value is -1.90. The van der Waals surface area contributed by atoms with Gasteiger partial charge >= 0.3 is 5.97 Å². The SMILES string of the molecule is COC(=O)c1coc(CN2CCC(c3nnc4n3CCNC4)CC2)c1.Cl. The molecule has 4 rings (SSSR count). The van der Waals surface area contributed by atoms with E-state index in [1.807, 2.05) is 0 Å². The summed E-state index contributed by atoms with van der Waals surface area (Å²) < 4.78 is 12.5. The number of halogens is 1. The van der Waals surface area contributed by atoms with Gasteiger partial charge in [-0.3, -0.25) is 4.90 Å². The van der Waals surface area contributed by atoms with Crippen molar-refractivity contribution >= 4 is 18.4 Å². The second-order valence-electron chi connectivity index (χ2n) is 6.65. The van der Waals surface area contributed by atoms with Crippen LogP contribution >= 0.6 is 12.4 Å². The Morgan fingerprint density at radius 2 is 2.15 bits per heavy atom. The number of aromatic nitrogens is 3. The molecule has 9 heteroatoms. The topological polar surface area (TPSA) is 85.4 Å². The van der Waals surface area contributed by atoms with Gasteiger partial charge in [0.15, 0.2) is 0 Å². The highest BCUT2D eigenvalue weighted by atomic mass is 35.5. The fraction of sp³-hybridized carbons (Fsp3) is 0.588. The van der Waals surface area contributed by atoms with E-state index in [2.05, 4.69) is 25.0 Å². The molecule has 0 radical (unpaired) electrons. The Labute approximate surface area is 158 Å². The molecule has 0 saturated carbocycles. The maximum atomic E-state index is 11.5. The van der Waals surface area contributed by atoms with E-state index in [1.54, 1.807) is 6.07 Å². The van der Waals surface area contributed by atoms with Crippen molar-refractivity contribution in [3.8, 4) is 0 Å². The highest BCUT2D eigenvalue weighted by molar-refractivity contribution is 5.88. The van der Waals surface area contributed by atoms with Crippen molar-refractivity contribution in [3.63, 3.8) is 0 Å². The van der Waals surface area contributed by atoms with E-state index in [4.69, 9.17) is 9.15 Å². The molecule has 0 atom stereocenters. The molecule has 1 fully saturated rings. The standard InChI is InChI=1S/C17H23N5O3.ClH/c1-24-17(23)13-8-14(25-11-13)10-21-5-2-12(3-6-21)16-20-19-15-9-18-4-7-22(15)16;/h8,11-12,18H,2-7,9-10H2,1H3;1H. The molecule has 0 bridgehead atoms. The first-order valence-corrected chi connectivity index (χ1v) is 8.75. The number of hydrogen-bond acceptors (Lipinski definition) is 7. The van der Waals surface area contributed by atoms with Crippen LogP contribution in [0, 0.1) is 0 Å². The molecular formula is C17H24ClN5O3. The summed E-state index contributed by atoms with van der Waals surface area (Å²) in [4.78, 5) is 13.8. The highest BCUT2D eigenvalue weighted by Gasteiger charge is 2.27. The lowest BCUT2D eigenvalue weighted by molar-refractivity contribution is 0.0600. The first-order chi connectivity index (χ1) is 12.2. The predicted molar refractivity (Wildman–Crippen MR) is 96.3 cm³/mol. The maximum absolute atomic E-state index is 11.5. The van der Waals surface area contributed by atoms with Crippen LogP contribution in [0.25, 0.3) is 0 Å². The lowest BCUT2D eigenvalue weighted by atomic mass is 9.95. The molecule has 0 aromatic carbocycles. The number of esters is 1. The van der Waals surface area contributed by atoms with Crippen LogP contribution in [0.4, 0.5) is 0 Å². The number of fused-ring (bicyclic) bond motifs is 1. The Morgan fingerprint density at radius 1 is 1.35 bits per heavy atom. The fourth-order valence-corrected chi connectivity index (χ4v) is 3.67. The van der Waals surface area contributed by atoms with Crippen LogP contribution in [0.2, 0.25) is 0 Å². The third-order valence-electron chi connectivity index (χ3n) is 5.06. The average Bonchev–Trinajstić information content (AvgIpc) is 3.29. The average molecular weight is 382 g/mol. The van der Waals surface area contributed by atoms with Crippen molar-refractivity contribution in [3.05, 3.63) is 35.3 Å². The van der Waals surface area contributed by atoms with Crippen LogP contribution in [-0.4, -0.2) is 52.4 Å². The number of likely N-dealkylation sites (tertiary alicyclic amines) is 1. The summed E-state index contributed by atoms with van der Waals surface area (Å²) in [6.07, 6.45) is 3.59. The number of piperidine rings is 1. The second-order valence-corrected chi connectivity index (χ2v) is 6.65. The van der Waals surface area contributed by atoms with Gasteiger partial charge in [-0.05, 0) is 32.0 Å².